The van der Waals surface area contributed by atoms with Crippen LogP contribution in [-0.2, 0) is 16.3 Å². The molecular weight excluding hydrogens is 316 g/mol. The smallest absolute Gasteiger partial charge is 0.193 e. The number of aryl methyl sites for hydroxylation is 2. The zero-order valence-corrected chi connectivity index (χ0v) is 15.3. The molecule has 23 heavy (non-hydrogen) atoms. The first-order valence-electron chi connectivity index (χ1n) is 7.77. The molecular formula is C15H26N4O3S. The zero-order valence-electron chi connectivity index (χ0n) is 14.5. The quantitative estimate of drug-likeness (QED) is 0.649. The van der Waals surface area contributed by atoms with Crippen molar-refractivity contribution < 1.29 is 12.9 Å². The van der Waals surface area contributed by atoms with E-state index in [2.05, 4.69) is 15.5 Å². The van der Waals surface area contributed by atoms with Crippen molar-refractivity contribution in [3.63, 3.8) is 0 Å². The van der Waals surface area contributed by atoms with Crippen LogP contribution in [0.4, 0.5) is 0 Å². The van der Waals surface area contributed by atoms with E-state index in [0.717, 1.165) is 29.4 Å². The van der Waals surface area contributed by atoms with Crippen LogP contribution in [0, 0.1) is 13.8 Å². The second-order valence-corrected chi connectivity index (χ2v) is 9.27. The van der Waals surface area contributed by atoms with Crippen molar-refractivity contribution in [1.29, 1.82) is 0 Å². The summed E-state index contributed by atoms with van der Waals surface area (Å²) in [6.45, 7) is 8.98. The summed E-state index contributed by atoms with van der Waals surface area (Å²) in [4.78, 5) is 6.29. The van der Waals surface area contributed by atoms with E-state index in [1.165, 1.54) is 0 Å². The number of hydrogen-bond donors (Lipinski definition) is 1. The highest BCUT2D eigenvalue weighted by Gasteiger charge is 2.40. The molecule has 0 atom stereocenters. The molecule has 7 nitrogen and oxygen atoms in total. The fourth-order valence-electron chi connectivity index (χ4n) is 2.81. The minimum Gasteiger partial charge on any atom is -0.361 e. The van der Waals surface area contributed by atoms with Crippen molar-refractivity contribution in [3.8, 4) is 0 Å². The molecule has 0 saturated carbocycles. The first-order valence-corrected chi connectivity index (χ1v) is 9.43. The molecule has 0 radical (unpaired) electrons. The van der Waals surface area contributed by atoms with E-state index in [1.807, 2.05) is 18.7 Å². The minimum absolute atomic E-state index is 0.157. The highest BCUT2D eigenvalue weighted by molar-refractivity contribution is 7.92. The Kier molecular flexibility index (Phi) is 5.03. The van der Waals surface area contributed by atoms with Crippen molar-refractivity contribution >= 4 is 15.8 Å². The summed E-state index contributed by atoms with van der Waals surface area (Å²) in [5, 5.41) is 7.26. The summed E-state index contributed by atoms with van der Waals surface area (Å²) in [6.07, 6.45) is 0.787. The monoisotopic (exact) mass is 342 g/mol. The van der Waals surface area contributed by atoms with Crippen molar-refractivity contribution in [3.05, 3.63) is 17.0 Å². The summed E-state index contributed by atoms with van der Waals surface area (Å²) < 4.78 is 28.6. The number of hydrogen-bond acceptors (Lipinski definition) is 5. The maximum Gasteiger partial charge on any atom is 0.193 e. The topological polar surface area (TPSA) is 87.8 Å². The molecule has 1 N–H and O–H groups in total. The van der Waals surface area contributed by atoms with E-state index in [4.69, 9.17) is 4.52 Å². The van der Waals surface area contributed by atoms with E-state index < -0.39 is 14.6 Å². The van der Waals surface area contributed by atoms with Gasteiger partial charge in [0, 0.05) is 32.2 Å². The number of aliphatic imine (C=N–C) groups is 1. The summed E-state index contributed by atoms with van der Waals surface area (Å²) in [5.74, 6) is 1.73. The van der Waals surface area contributed by atoms with Gasteiger partial charge in [-0.25, -0.2) is 8.42 Å². The van der Waals surface area contributed by atoms with Crippen LogP contribution in [-0.4, -0.2) is 61.6 Å². The average Bonchev–Trinajstić information content (AvgIpc) is 2.78. The largest absolute Gasteiger partial charge is 0.361 e. The molecule has 0 bridgehead atoms. The van der Waals surface area contributed by atoms with Crippen LogP contribution in [0.1, 0.15) is 30.9 Å². The predicted molar refractivity (Wildman–Crippen MR) is 90.5 cm³/mol. The normalized spacial score (nSPS) is 20.6. The van der Waals surface area contributed by atoms with Crippen LogP contribution >= 0.6 is 0 Å². The lowest BCUT2D eigenvalue weighted by Crippen LogP contribution is -2.57. The fourth-order valence-corrected chi connectivity index (χ4v) is 4.18. The Morgan fingerprint density at radius 3 is 2.65 bits per heavy atom. The van der Waals surface area contributed by atoms with E-state index in [-0.39, 0.29) is 5.75 Å². The molecule has 2 heterocycles. The third-order valence-electron chi connectivity index (χ3n) is 4.39. The molecule has 1 aliphatic rings. The van der Waals surface area contributed by atoms with Crippen molar-refractivity contribution in [1.82, 2.24) is 15.4 Å². The fraction of sp³-hybridized carbons (Fsp3) is 0.733. The summed E-state index contributed by atoms with van der Waals surface area (Å²) >= 11 is 0. The lowest BCUT2D eigenvalue weighted by atomic mass is 10.1. The highest BCUT2D eigenvalue weighted by atomic mass is 32.2. The lowest BCUT2D eigenvalue weighted by molar-refractivity contribution is 0.353. The van der Waals surface area contributed by atoms with Gasteiger partial charge < -0.3 is 14.7 Å². The average molecular weight is 342 g/mol. The van der Waals surface area contributed by atoms with Crippen LogP contribution in [0.5, 0.6) is 0 Å². The lowest BCUT2D eigenvalue weighted by Gasteiger charge is -2.39. The number of nitrogens with zero attached hydrogens (tertiary/aromatic N) is 3. The van der Waals surface area contributed by atoms with Crippen LogP contribution in [0.3, 0.4) is 0 Å². The number of rotatable bonds is 3. The van der Waals surface area contributed by atoms with Gasteiger partial charge in [0.1, 0.15) is 5.76 Å². The Bertz CT molecular complexity index is 672. The Labute approximate surface area is 138 Å². The highest BCUT2D eigenvalue weighted by Crippen LogP contribution is 2.23. The second kappa shape index (κ2) is 6.51. The van der Waals surface area contributed by atoms with E-state index >= 15 is 0 Å². The van der Waals surface area contributed by atoms with E-state index in [0.29, 0.717) is 19.6 Å². The number of sulfone groups is 1. The molecule has 1 aromatic rings. The molecule has 1 saturated heterocycles. The van der Waals surface area contributed by atoms with Gasteiger partial charge in [0.2, 0.25) is 0 Å². The van der Waals surface area contributed by atoms with Crippen LogP contribution in [0.15, 0.2) is 9.52 Å². The Hall–Kier alpha value is -1.57. The SMILES string of the molecule is CN=C(NCCc1c(C)noc1C)N1CCS(=O)(=O)C(C)(C)C1. The van der Waals surface area contributed by atoms with Gasteiger partial charge in [0.25, 0.3) is 0 Å². The molecule has 1 aliphatic heterocycles. The number of nitrogens with one attached hydrogen (secondary N) is 1. The zero-order chi connectivity index (χ0) is 17.3. The van der Waals surface area contributed by atoms with Gasteiger partial charge in [0.15, 0.2) is 15.8 Å². The minimum atomic E-state index is -3.05. The summed E-state index contributed by atoms with van der Waals surface area (Å²) in [7, 11) is -1.33. The predicted octanol–water partition coefficient (Wildman–Crippen LogP) is 0.918. The van der Waals surface area contributed by atoms with Crippen molar-refractivity contribution in [2.45, 2.75) is 38.9 Å². The Morgan fingerprint density at radius 1 is 1.43 bits per heavy atom. The molecule has 130 valence electrons. The van der Waals surface area contributed by atoms with Crippen molar-refractivity contribution in [2.24, 2.45) is 4.99 Å². The van der Waals surface area contributed by atoms with Gasteiger partial charge in [-0.2, -0.15) is 0 Å². The number of aromatic nitrogens is 1. The summed E-state index contributed by atoms with van der Waals surface area (Å²) in [6, 6.07) is 0. The Morgan fingerprint density at radius 2 is 2.13 bits per heavy atom. The van der Waals surface area contributed by atoms with Crippen LogP contribution in [0.25, 0.3) is 0 Å². The van der Waals surface area contributed by atoms with Gasteiger partial charge in [-0.15, -0.1) is 0 Å². The second-order valence-electron chi connectivity index (χ2n) is 6.53. The Balaban J connectivity index is 1.97. The third-order valence-corrected chi connectivity index (χ3v) is 6.93. The van der Waals surface area contributed by atoms with E-state index in [9.17, 15) is 8.42 Å². The molecule has 0 unspecified atom stereocenters. The first kappa shape index (κ1) is 17.8. The van der Waals surface area contributed by atoms with Gasteiger partial charge in [0.05, 0.1) is 16.2 Å². The molecule has 0 aromatic carbocycles. The molecule has 8 heteroatoms. The first-order chi connectivity index (χ1) is 10.7. The maximum atomic E-state index is 12.1. The molecule has 0 spiro atoms. The van der Waals surface area contributed by atoms with Gasteiger partial charge in [-0.05, 0) is 34.1 Å². The van der Waals surface area contributed by atoms with Gasteiger partial charge in [-0.1, -0.05) is 5.16 Å². The molecule has 1 aromatic heterocycles. The summed E-state index contributed by atoms with van der Waals surface area (Å²) in [5.41, 5.74) is 2.01. The molecule has 0 amide bonds. The standard InChI is InChI=1S/C15H26N4O3S/c1-11-13(12(2)22-18-11)6-7-17-14(16-5)19-8-9-23(20,21)15(3,4)10-19/h6-10H2,1-5H3,(H,16,17). The van der Waals surface area contributed by atoms with Gasteiger partial charge in [-0.3, -0.25) is 4.99 Å². The third kappa shape index (κ3) is 3.68. The van der Waals surface area contributed by atoms with E-state index in [1.54, 1.807) is 20.9 Å². The molecule has 1 fully saturated rings. The maximum absolute atomic E-state index is 12.1. The van der Waals surface area contributed by atoms with Crippen LogP contribution < -0.4 is 5.32 Å². The van der Waals surface area contributed by atoms with Gasteiger partial charge >= 0.3 is 0 Å². The molecule has 2 rings (SSSR count). The molecule has 0 aliphatic carbocycles. The number of guanidine groups is 1. The van der Waals surface area contributed by atoms with Crippen LogP contribution in [0.2, 0.25) is 0 Å². The van der Waals surface area contributed by atoms with Crippen molar-refractivity contribution in [2.75, 3.05) is 32.4 Å².